The first-order valence-corrected chi connectivity index (χ1v) is 5.62. The van der Waals surface area contributed by atoms with E-state index in [2.05, 4.69) is 19.9 Å². The van der Waals surface area contributed by atoms with Crippen LogP contribution < -0.4 is 0 Å². The summed E-state index contributed by atoms with van der Waals surface area (Å²) in [5.74, 6) is -0.150. The van der Waals surface area contributed by atoms with Crippen molar-refractivity contribution < 1.29 is 4.79 Å². The predicted octanol–water partition coefficient (Wildman–Crippen LogP) is 3.40. The highest BCUT2D eigenvalue weighted by molar-refractivity contribution is 5.88. The highest BCUT2D eigenvalue weighted by atomic mass is 16.1. The van der Waals surface area contributed by atoms with Crippen LogP contribution in [0.3, 0.4) is 0 Å². The molecule has 0 amide bonds. The number of nitriles is 1. The number of carbonyl (C=O) groups excluding carboxylic acids is 1. The first-order valence-electron chi connectivity index (χ1n) is 5.62. The van der Waals surface area contributed by atoms with E-state index in [1.807, 2.05) is 24.3 Å². The number of rotatable bonds is 4. The Kier molecular flexibility index (Phi) is 4.25. The summed E-state index contributed by atoms with van der Waals surface area (Å²) in [6, 6.07) is 9.83. The number of nitrogens with zero attached hydrogens (tertiary/aromatic N) is 1. The number of hydrogen-bond donors (Lipinski definition) is 0. The second-order valence-corrected chi connectivity index (χ2v) is 4.20. The first-order chi connectivity index (χ1) is 7.60. The number of carbonyl (C=O) groups is 1. The van der Waals surface area contributed by atoms with Crippen molar-refractivity contribution in [2.75, 3.05) is 0 Å². The lowest BCUT2D eigenvalue weighted by Crippen LogP contribution is -2.09. The molecule has 0 N–H and O–H groups in total. The fourth-order valence-corrected chi connectivity index (χ4v) is 1.61. The van der Waals surface area contributed by atoms with Gasteiger partial charge in [-0.15, -0.1) is 0 Å². The molecule has 0 aliphatic heterocycles. The van der Waals surface area contributed by atoms with Gasteiger partial charge in [0.05, 0.1) is 6.07 Å². The third kappa shape index (κ3) is 2.70. The molecule has 0 fully saturated rings. The molecule has 0 radical (unpaired) electrons. The van der Waals surface area contributed by atoms with Crippen LogP contribution in [0.2, 0.25) is 0 Å². The Morgan fingerprint density at radius 2 is 1.75 bits per heavy atom. The third-order valence-electron chi connectivity index (χ3n) is 2.74. The summed E-state index contributed by atoms with van der Waals surface area (Å²) in [4.78, 5) is 11.5. The fourth-order valence-electron chi connectivity index (χ4n) is 1.61. The van der Waals surface area contributed by atoms with E-state index in [9.17, 15) is 4.79 Å². The van der Waals surface area contributed by atoms with Gasteiger partial charge in [-0.1, -0.05) is 45.0 Å². The molecular weight excluding hydrogens is 198 g/mol. The number of ketones is 1. The molecule has 1 unspecified atom stereocenters. The largest absolute Gasteiger partial charge is 0.298 e. The van der Waals surface area contributed by atoms with Gasteiger partial charge in [0, 0.05) is 6.42 Å². The van der Waals surface area contributed by atoms with Gasteiger partial charge >= 0.3 is 0 Å². The lowest BCUT2D eigenvalue weighted by Gasteiger charge is -2.09. The van der Waals surface area contributed by atoms with Gasteiger partial charge in [-0.25, -0.2) is 0 Å². The van der Waals surface area contributed by atoms with E-state index >= 15 is 0 Å². The van der Waals surface area contributed by atoms with Crippen molar-refractivity contribution in [2.24, 2.45) is 0 Å². The Bertz CT molecular complexity index is 398. The SMILES string of the molecule is CCC(=O)C(C#N)c1ccc(C(C)C)cc1. The van der Waals surface area contributed by atoms with Crippen LogP contribution in [-0.2, 0) is 4.79 Å². The zero-order chi connectivity index (χ0) is 12.1. The van der Waals surface area contributed by atoms with Gasteiger partial charge in [-0.3, -0.25) is 4.79 Å². The van der Waals surface area contributed by atoms with Crippen molar-refractivity contribution in [3.8, 4) is 6.07 Å². The van der Waals surface area contributed by atoms with E-state index < -0.39 is 5.92 Å². The number of benzene rings is 1. The molecule has 16 heavy (non-hydrogen) atoms. The monoisotopic (exact) mass is 215 g/mol. The number of Topliss-reactive ketones (excluding diaryl/α,β-unsaturated/α-hetero) is 1. The van der Waals surface area contributed by atoms with Crippen molar-refractivity contribution in [1.29, 1.82) is 5.26 Å². The van der Waals surface area contributed by atoms with Crippen molar-refractivity contribution in [3.05, 3.63) is 35.4 Å². The molecule has 84 valence electrons. The molecule has 0 spiro atoms. The second-order valence-electron chi connectivity index (χ2n) is 4.20. The summed E-state index contributed by atoms with van der Waals surface area (Å²) in [5.41, 5.74) is 2.03. The van der Waals surface area contributed by atoms with E-state index in [1.54, 1.807) is 6.92 Å². The van der Waals surface area contributed by atoms with Gasteiger partial charge in [0.25, 0.3) is 0 Å². The molecule has 0 aliphatic carbocycles. The maximum Gasteiger partial charge on any atom is 0.154 e. The normalized spacial score (nSPS) is 12.2. The minimum absolute atomic E-state index is 0.0141. The summed E-state index contributed by atoms with van der Waals surface area (Å²) in [5, 5.41) is 8.99. The lowest BCUT2D eigenvalue weighted by atomic mass is 9.92. The van der Waals surface area contributed by atoms with Crippen molar-refractivity contribution in [3.63, 3.8) is 0 Å². The fraction of sp³-hybridized carbons (Fsp3) is 0.429. The van der Waals surface area contributed by atoms with Crippen LogP contribution >= 0.6 is 0 Å². The van der Waals surface area contributed by atoms with Crippen LogP contribution in [0.5, 0.6) is 0 Å². The molecule has 1 aromatic rings. The molecule has 2 nitrogen and oxygen atoms in total. The summed E-state index contributed by atoms with van der Waals surface area (Å²) in [6.07, 6.45) is 0.407. The van der Waals surface area contributed by atoms with Gasteiger partial charge in [-0.05, 0) is 17.0 Å². The predicted molar refractivity (Wildman–Crippen MR) is 64.2 cm³/mol. The van der Waals surface area contributed by atoms with Crippen LogP contribution in [0.15, 0.2) is 24.3 Å². The van der Waals surface area contributed by atoms with E-state index in [0.717, 1.165) is 5.56 Å². The van der Waals surface area contributed by atoms with Crippen LogP contribution in [0, 0.1) is 11.3 Å². The zero-order valence-electron chi connectivity index (χ0n) is 10.0. The minimum atomic E-state index is -0.605. The molecular formula is C14H17NO. The Labute approximate surface area is 96.9 Å². The van der Waals surface area contributed by atoms with Crippen molar-refractivity contribution in [2.45, 2.75) is 39.0 Å². The molecule has 0 aliphatic rings. The molecule has 0 aromatic heterocycles. The third-order valence-corrected chi connectivity index (χ3v) is 2.74. The molecule has 0 bridgehead atoms. The maximum atomic E-state index is 11.5. The van der Waals surface area contributed by atoms with Crippen LogP contribution in [0.4, 0.5) is 0 Å². The van der Waals surface area contributed by atoms with E-state index in [-0.39, 0.29) is 5.78 Å². The van der Waals surface area contributed by atoms with Gasteiger partial charge in [0.1, 0.15) is 5.92 Å². The second kappa shape index (κ2) is 5.46. The lowest BCUT2D eigenvalue weighted by molar-refractivity contribution is -0.119. The van der Waals surface area contributed by atoms with Crippen LogP contribution in [0.25, 0.3) is 0 Å². The highest BCUT2D eigenvalue weighted by Crippen LogP contribution is 2.21. The summed E-state index contributed by atoms with van der Waals surface area (Å²) >= 11 is 0. The summed E-state index contributed by atoms with van der Waals surface area (Å²) < 4.78 is 0. The molecule has 1 aromatic carbocycles. The van der Waals surface area contributed by atoms with Gasteiger partial charge < -0.3 is 0 Å². The Balaban J connectivity index is 2.96. The topological polar surface area (TPSA) is 40.9 Å². The quantitative estimate of drug-likeness (QED) is 0.772. The average molecular weight is 215 g/mol. The molecule has 0 heterocycles. The van der Waals surface area contributed by atoms with Gasteiger partial charge in [0.2, 0.25) is 0 Å². The molecule has 0 saturated heterocycles. The zero-order valence-corrected chi connectivity index (χ0v) is 10.0. The maximum absolute atomic E-state index is 11.5. The Morgan fingerprint density at radius 1 is 1.25 bits per heavy atom. The van der Waals surface area contributed by atoms with Crippen LogP contribution in [0.1, 0.15) is 50.2 Å². The van der Waals surface area contributed by atoms with Crippen LogP contribution in [-0.4, -0.2) is 5.78 Å². The van der Waals surface area contributed by atoms with Crippen molar-refractivity contribution >= 4 is 5.78 Å². The van der Waals surface area contributed by atoms with Gasteiger partial charge in [0.15, 0.2) is 5.78 Å². The Morgan fingerprint density at radius 3 is 2.12 bits per heavy atom. The average Bonchev–Trinajstić information content (AvgIpc) is 2.30. The van der Waals surface area contributed by atoms with E-state index in [0.29, 0.717) is 12.3 Å². The van der Waals surface area contributed by atoms with E-state index in [1.165, 1.54) is 5.56 Å². The number of hydrogen-bond acceptors (Lipinski definition) is 2. The van der Waals surface area contributed by atoms with Gasteiger partial charge in [-0.2, -0.15) is 5.26 Å². The Hall–Kier alpha value is -1.62. The summed E-state index contributed by atoms with van der Waals surface area (Å²) in [7, 11) is 0. The molecule has 1 rings (SSSR count). The molecule has 1 atom stereocenters. The molecule has 2 heteroatoms. The summed E-state index contributed by atoms with van der Waals surface area (Å²) in [6.45, 7) is 6.02. The van der Waals surface area contributed by atoms with E-state index in [4.69, 9.17) is 5.26 Å². The highest BCUT2D eigenvalue weighted by Gasteiger charge is 2.17. The molecule has 0 saturated carbocycles. The minimum Gasteiger partial charge on any atom is -0.298 e. The standard InChI is InChI=1S/C14H17NO/c1-4-14(16)13(9-15)12-7-5-11(6-8-12)10(2)3/h5-8,10,13H,4H2,1-3H3. The van der Waals surface area contributed by atoms with Crippen molar-refractivity contribution in [1.82, 2.24) is 0 Å². The first kappa shape index (κ1) is 12.4. The smallest absolute Gasteiger partial charge is 0.154 e.